The number of hydrogen-bond donors (Lipinski definition) is 3. The van der Waals surface area contributed by atoms with Gasteiger partial charge in [0.25, 0.3) is 5.88 Å². The van der Waals surface area contributed by atoms with Crippen LogP contribution in [-0.4, -0.2) is 81.9 Å². The summed E-state index contributed by atoms with van der Waals surface area (Å²) in [5.41, 5.74) is 4.44. The Morgan fingerprint density at radius 1 is 1.21 bits per heavy atom. The number of nitrogens with zero attached hydrogens (tertiary/aromatic N) is 6. The molecular weight excluding hydrogens is 521 g/mol. The highest BCUT2D eigenvalue weighted by molar-refractivity contribution is 6.03. The van der Waals surface area contributed by atoms with Crippen molar-refractivity contribution in [2.45, 2.75) is 38.9 Å². The molecule has 15 heteroatoms. The Bertz CT molecular complexity index is 1390. The molecule has 1 saturated heterocycles. The van der Waals surface area contributed by atoms with Crippen LogP contribution in [0.3, 0.4) is 0 Å². The predicted molar refractivity (Wildman–Crippen MR) is 137 cm³/mol. The molecule has 0 bridgehead atoms. The average molecular weight is 551 g/mol. The van der Waals surface area contributed by atoms with E-state index in [4.69, 9.17) is 14.6 Å². The number of nitrogens with one attached hydrogen (secondary N) is 2. The van der Waals surface area contributed by atoms with Crippen molar-refractivity contribution in [3.05, 3.63) is 35.7 Å². The Kier molecular flexibility index (Phi) is 7.54. The van der Waals surface area contributed by atoms with Gasteiger partial charge in [-0.3, -0.25) is 4.90 Å². The summed E-state index contributed by atoms with van der Waals surface area (Å²) in [6, 6.07) is 5.52. The molecule has 0 atom stereocenters. The van der Waals surface area contributed by atoms with E-state index >= 15 is 0 Å². The molecule has 3 aromatic rings. The maximum atomic E-state index is 13.2. The van der Waals surface area contributed by atoms with Gasteiger partial charge >= 0.3 is 18.2 Å². The van der Waals surface area contributed by atoms with E-state index in [1.165, 1.54) is 11.7 Å². The summed E-state index contributed by atoms with van der Waals surface area (Å²) in [5, 5.41) is 22.3. The van der Waals surface area contributed by atoms with E-state index in [0.717, 1.165) is 48.5 Å². The second kappa shape index (κ2) is 10.6. The van der Waals surface area contributed by atoms with Crippen molar-refractivity contribution in [1.82, 2.24) is 25.1 Å². The Balaban J connectivity index is 0.000000448. The highest BCUT2D eigenvalue weighted by atomic mass is 19.4. The predicted octanol–water partition coefficient (Wildman–Crippen LogP) is 2.86. The van der Waals surface area contributed by atoms with E-state index in [1.54, 1.807) is 11.1 Å². The Morgan fingerprint density at radius 2 is 1.92 bits per heavy atom. The van der Waals surface area contributed by atoms with E-state index in [-0.39, 0.29) is 11.6 Å². The van der Waals surface area contributed by atoms with Gasteiger partial charge in [0.05, 0.1) is 18.3 Å². The second-order valence-corrected chi connectivity index (χ2v) is 9.77. The summed E-state index contributed by atoms with van der Waals surface area (Å²) in [6.45, 7) is 9.65. The number of piperazine rings is 1. The molecule has 210 valence electrons. The number of urea groups is 1. The average Bonchev–Trinajstić information content (AvgIpc) is 3.44. The Labute approximate surface area is 221 Å². The van der Waals surface area contributed by atoms with Crippen LogP contribution in [0, 0.1) is 6.92 Å². The number of ether oxygens (including phenoxy) is 1. The van der Waals surface area contributed by atoms with Gasteiger partial charge in [0.2, 0.25) is 0 Å². The van der Waals surface area contributed by atoms with Crippen molar-refractivity contribution in [1.29, 1.82) is 0 Å². The van der Waals surface area contributed by atoms with E-state index in [9.17, 15) is 18.0 Å². The quantitative estimate of drug-likeness (QED) is 0.450. The van der Waals surface area contributed by atoms with Gasteiger partial charge in [0.15, 0.2) is 0 Å². The first kappa shape index (κ1) is 27.9. The number of carbonyl (C=O) groups is 2. The Morgan fingerprint density at radius 3 is 2.56 bits per heavy atom. The van der Waals surface area contributed by atoms with Gasteiger partial charge in [-0.05, 0) is 45.4 Å². The number of pyridine rings is 1. The van der Waals surface area contributed by atoms with Gasteiger partial charge in [-0.25, -0.2) is 14.6 Å². The number of rotatable bonds is 3. The van der Waals surface area contributed by atoms with Crippen LogP contribution in [0.1, 0.15) is 25.1 Å². The molecule has 0 saturated carbocycles. The third-order valence-corrected chi connectivity index (χ3v) is 6.23. The molecule has 3 aromatic heterocycles. The highest BCUT2D eigenvalue weighted by Crippen LogP contribution is 2.35. The molecule has 12 nitrogen and oxygen atoms in total. The normalized spacial score (nSPS) is 16.4. The minimum atomic E-state index is -5.08. The number of halogens is 3. The van der Waals surface area contributed by atoms with Crippen molar-refractivity contribution >= 4 is 34.7 Å². The van der Waals surface area contributed by atoms with Gasteiger partial charge in [-0.2, -0.15) is 18.3 Å². The van der Waals surface area contributed by atoms with Crippen LogP contribution < -0.4 is 25.2 Å². The number of amides is 2. The Hall–Kier alpha value is -4.14. The van der Waals surface area contributed by atoms with Gasteiger partial charge < -0.3 is 25.4 Å². The smallest absolute Gasteiger partial charge is 0.478 e. The number of carbonyl (C=O) groups excluding carboxylic acids is 1. The first-order valence-electron chi connectivity index (χ1n) is 12.1. The molecule has 0 spiro atoms. The minimum Gasteiger partial charge on any atom is -0.478 e. The number of carboxylic acid groups (broad SMARTS) is 1. The van der Waals surface area contributed by atoms with Crippen molar-refractivity contribution in [2.75, 3.05) is 48.4 Å². The van der Waals surface area contributed by atoms with Crippen LogP contribution in [-0.2, 0) is 11.2 Å². The fraction of sp³-hybridized carbons (Fsp3) is 0.458. The molecule has 2 aliphatic heterocycles. The van der Waals surface area contributed by atoms with Crippen LogP contribution >= 0.6 is 0 Å². The summed E-state index contributed by atoms with van der Waals surface area (Å²) in [5.74, 6) is -1.74. The highest BCUT2D eigenvalue weighted by Gasteiger charge is 2.38. The van der Waals surface area contributed by atoms with Gasteiger partial charge in [0.1, 0.15) is 11.5 Å². The number of hydrogen-bond acceptors (Lipinski definition) is 8. The molecular formula is C24H29F3N8O4. The van der Waals surface area contributed by atoms with Crippen molar-refractivity contribution in [3.8, 4) is 5.88 Å². The van der Waals surface area contributed by atoms with Crippen LogP contribution in [0.5, 0.6) is 5.88 Å². The molecule has 39 heavy (non-hydrogen) atoms. The monoisotopic (exact) mass is 550 g/mol. The molecule has 2 amide bonds. The molecule has 3 N–H and O–H groups in total. The summed E-state index contributed by atoms with van der Waals surface area (Å²) in [6.07, 6.45) is -2.52. The molecule has 5 rings (SSSR count). The van der Waals surface area contributed by atoms with Gasteiger partial charge in [0, 0.05) is 49.2 Å². The first-order chi connectivity index (χ1) is 18.3. The molecule has 0 aromatic carbocycles. The van der Waals surface area contributed by atoms with Crippen LogP contribution in [0.15, 0.2) is 24.4 Å². The number of aryl methyl sites for hydroxylation is 1. The van der Waals surface area contributed by atoms with Gasteiger partial charge in [-0.1, -0.05) is 0 Å². The fourth-order valence-corrected chi connectivity index (χ4v) is 4.57. The van der Waals surface area contributed by atoms with E-state index in [1.807, 2.05) is 19.1 Å². The first-order valence-corrected chi connectivity index (χ1v) is 12.1. The lowest BCUT2D eigenvalue weighted by Crippen LogP contribution is -2.57. The number of fused-ring (bicyclic) bond motifs is 2. The van der Waals surface area contributed by atoms with Crippen LogP contribution in [0.2, 0.25) is 0 Å². The third-order valence-electron chi connectivity index (χ3n) is 6.23. The molecule has 5 heterocycles. The number of alkyl halides is 3. The summed E-state index contributed by atoms with van der Waals surface area (Å²) in [7, 11) is 1.52. The lowest BCUT2D eigenvalue weighted by Gasteiger charge is -2.41. The van der Waals surface area contributed by atoms with E-state index in [2.05, 4.69) is 50.6 Å². The number of aliphatic carboxylic acids is 1. The largest absolute Gasteiger partial charge is 0.490 e. The zero-order chi connectivity index (χ0) is 28.5. The standard InChI is InChI=1S/C22H28N8O2.C2HF3O2/c1-14-11-15-12-17(20(32-4)27-30(15)26-14)25-21(31)29-9-6-16-18(5-7-23-19(16)29)28-10-8-24-22(2,3)13-28;3-2(4,5)1(6)7/h5,7,11-12,24H,6,8-10,13H2,1-4H3,(H,25,31);(H,6,7). The van der Waals surface area contributed by atoms with Crippen molar-refractivity contribution in [3.63, 3.8) is 0 Å². The lowest BCUT2D eigenvalue weighted by atomic mass is 10.0. The topological polar surface area (TPSA) is 137 Å². The van der Waals surface area contributed by atoms with Crippen molar-refractivity contribution in [2.24, 2.45) is 0 Å². The maximum Gasteiger partial charge on any atom is 0.490 e. The summed E-state index contributed by atoms with van der Waals surface area (Å²) in [4.78, 5) is 30.8. The number of carboxylic acids is 1. The summed E-state index contributed by atoms with van der Waals surface area (Å²) < 4.78 is 38.6. The summed E-state index contributed by atoms with van der Waals surface area (Å²) >= 11 is 0. The molecule has 0 unspecified atom stereocenters. The van der Waals surface area contributed by atoms with E-state index in [0.29, 0.717) is 23.9 Å². The van der Waals surface area contributed by atoms with Gasteiger partial charge in [-0.15, -0.1) is 9.73 Å². The second-order valence-electron chi connectivity index (χ2n) is 9.77. The lowest BCUT2D eigenvalue weighted by molar-refractivity contribution is -0.192. The zero-order valence-corrected chi connectivity index (χ0v) is 21.8. The maximum absolute atomic E-state index is 13.2. The molecule has 2 aliphatic rings. The SMILES string of the molecule is COc1nn2nc(C)cc2cc1NC(=O)N1CCc2c(N3CCNC(C)(C)C3)ccnc21.O=C(O)C(F)(F)F. The minimum absolute atomic E-state index is 0.0400. The number of methoxy groups -OCH3 is 1. The molecule has 1 fully saturated rings. The third kappa shape index (κ3) is 6.13. The van der Waals surface area contributed by atoms with Crippen molar-refractivity contribution < 1.29 is 32.6 Å². The van der Waals surface area contributed by atoms with Crippen LogP contribution in [0.25, 0.3) is 5.52 Å². The van der Waals surface area contributed by atoms with E-state index < -0.39 is 12.1 Å². The van der Waals surface area contributed by atoms with Crippen LogP contribution in [0.4, 0.5) is 35.2 Å². The molecule has 0 radical (unpaired) electrons. The molecule has 0 aliphatic carbocycles. The number of anilines is 3. The fourth-order valence-electron chi connectivity index (χ4n) is 4.57. The zero-order valence-electron chi connectivity index (χ0n) is 21.8. The number of aromatic nitrogens is 4.